The van der Waals surface area contributed by atoms with Crippen molar-refractivity contribution >= 4 is 28.9 Å². The van der Waals surface area contributed by atoms with Crippen molar-refractivity contribution < 1.29 is 40.3 Å². The number of nitrogens with one attached hydrogen (secondary N) is 1. The topological polar surface area (TPSA) is 75.4 Å². The predicted molar refractivity (Wildman–Crippen MR) is 142 cm³/mol. The summed E-state index contributed by atoms with van der Waals surface area (Å²) in [5, 5.41) is 2.56. The standard InChI is InChI=1S/C30H23F6N3O3/c31-25-15-19(28(41)39-10-7-29(32,33)8-11-39)4-5-23(25)20-12-21-13-22(42-27(21)24(14-20)30(34,35)36)17-38-26(40)6-3-18-2-1-9-37-16-18/h1-6,9,12-16H,7-8,10-11,17H2,(H,38,40). The first-order chi connectivity index (χ1) is 19.9. The second-order valence-corrected chi connectivity index (χ2v) is 9.83. The van der Waals surface area contributed by atoms with Gasteiger partial charge in [0.1, 0.15) is 17.2 Å². The fraction of sp³-hybridized carbons (Fsp3) is 0.233. The Hall–Kier alpha value is -4.61. The number of nitrogens with zero attached hydrogens (tertiary/aromatic N) is 2. The number of fused-ring (bicyclic) bond motifs is 1. The number of rotatable bonds is 6. The molecule has 3 heterocycles. The van der Waals surface area contributed by atoms with Crippen LogP contribution in [-0.4, -0.2) is 40.7 Å². The Morgan fingerprint density at radius 3 is 2.50 bits per heavy atom. The van der Waals surface area contributed by atoms with E-state index >= 15 is 4.39 Å². The highest BCUT2D eigenvalue weighted by atomic mass is 19.4. The molecule has 0 aliphatic carbocycles. The number of likely N-dealkylation sites (tertiary alicyclic amines) is 1. The van der Waals surface area contributed by atoms with Crippen LogP contribution >= 0.6 is 0 Å². The molecule has 2 aromatic carbocycles. The third-order valence-electron chi connectivity index (χ3n) is 6.83. The smallest absolute Gasteiger partial charge is 0.420 e. The lowest BCUT2D eigenvalue weighted by Crippen LogP contribution is -2.42. The van der Waals surface area contributed by atoms with Crippen LogP contribution in [-0.2, 0) is 17.5 Å². The largest absolute Gasteiger partial charge is 0.459 e. The second kappa shape index (κ2) is 11.3. The number of hydrogen-bond donors (Lipinski definition) is 1. The van der Waals surface area contributed by atoms with E-state index in [0.29, 0.717) is 5.56 Å². The fourth-order valence-corrected chi connectivity index (χ4v) is 4.64. The SMILES string of the molecule is O=C(C=Cc1cccnc1)NCc1cc2cc(-c3ccc(C(=O)N4CCC(F)(F)CC4)cc3F)cc(C(F)(F)F)c2o1. The van der Waals surface area contributed by atoms with Crippen LogP contribution in [0.4, 0.5) is 26.3 Å². The number of carbonyl (C=O) groups is 2. The van der Waals surface area contributed by atoms with Crippen molar-refractivity contribution in [2.45, 2.75) is 31.5 Å². The van der Waals surface area contributed by atoms with Gasteiger partial charge in [-0.05, 0) is 53.6 Å². The van der Waals surface area contributed by atoms with E-state index in [-0.39, 0.29) is 47.5 Å². The van der Waals surface area contributed by atoms with Gasteiger partial charge in [0.25, 0.3) is 11.8 Å². The summed E-state index contributed by atoms with van der Waals surface area (Å²) < 4.78 is 89.4. The summed E-state index contributed by atoms with van der Waals surface area (Å²) in [7, 11) is 0. The molecule has 12 heteroatoms. The van der Waals surface area contributed by atoms with Gasteiger partial charge in [-0.1, -0.05) is 12.1 Å². The van der Waals surface area contributed by atoms with Gasteiger partial charge < -0.3 is 14.6 Å². The average Bonchev–Trinajstić information content (AvgIpc) is 3.37. The Balaban J connectivity index is 1.38. The van der Waals surface area contributed by atoms with Gasteiger partial charge in [-0.25, -0.2) is 13.2 Å². The minimum atomic E-state index is -4.85. The molecule has 2 amide bonds. The van der Waals surface area contributed by atoms with E-state index in [2.05, 4.69) is 10.3 Å². The molecular formula is C30H23F6N3O3. The van der Waals surface area contributed by atoms with Crippen molar-refractivity contribution in [3.05, 3.63) is 95.3 Å². The molecule has 0 radical (unpaired) electrons. The minimum Gasteiger partial charge on any atom is -0.459 e. The number of pyridine rings is 1. The number of carbonyl (C=O) groups excluding carboxylic acids is 2. The van der Waals surface area contributed by atoms with Gasteiger partial charge in [0.15, 0.2) is 0 Å². The summed E-state index contributed by atoms with van der Waals surface area (Å²) in [4.78, 5) is 30.0. The molecule has 0 spiro atoms. The van der Waals surface area contributed by atoms with E-state index in [1.807, 2.05) is 0 Å². The molecule has 1 aliphatic heterocycles. The molecule has 2 aromatic heterocycles. The number of benzene rings is 2. The van der Waals surface area contributed by atoms with Crippen LogP contribution in [0.25, 0.3) is 28.2 Å². The molecule has 0 atom stereocenters. The monoisotopic (exact) mass is 587 g/mol. The maximum Gasteiger partial charge on any atom is 0.420 e. The van der Waals surface area contributed by atoms with Gasteiger partial charge in [0.05, 0.1) is 12.1 Å². The van der Waals surface area contributed by atoms with Crippen LogP contribution < -0.4 is 5.32 Å². The summed E-state index contributed by atoms with van der Waals surface area (Å²) in [5.74, 6) is -4.92. The van der Waals surface area contributed by atoms with Crippen molar-refractivity contribution in [1.29, 1.82) is 0 Å². The minimum absolute atomic E-state index is 0.0313. The number of halogens is 6. The summed E-state index contributed by atoms with van der Waals surface area (Å²) in [6.07, 6.45) is 0.0433. The second-order valence-electron chi connectivity index (χ2n) is 9.83. The van der Waals surface area contributed by atoms with Crippen LogP contribution in [0.1, 0.15) is 40.1 Å². The maximum absolute atomic E-state index is 15.2. The van der Waals surface area contributed by atoms with Crippen LogP contribution in [0.3, 0.4) is 0 Å². The van der Waals surface area contributed by atoms with Crippen molar-refractivity contribution in [2.24, 2.45) is 0 Å². The van der Waals surface area contributed by atoms with E-state index in [4.69, 9.17) is 4.42 Å². The summed E-state index contributed by atoms with van der Waals surface area (Å²) in [5.41, 5.74) is -1.34. The number of piperidine rings is 1. The zero-order chi connectivity index (χ0) is 30.1. The molecule has 42 heavy (non-hydrogen) atoms. The van der Waals surface area contributed by atoms with E-state index in [1.165, 1.54) is 41.3 Å². The lowest BCUT2D eigenvalue weighted by molar-refractivity contribution is -0.136. The lowest BCUT2D eigenvalue weighted by Gasteiger charge is -2.31. The normalized spacial score (nSPS) is 15.3. The van der Waals surface area contributed by atoms with Crippen LogP contribution in [0.5, 0.6) is 0 Å². The Kier molecular flexibility index (Phi) is 7.81. The molecule has 1 fully saturated rings. The van der Waals surface area contributed by atoms with Gasteiger partial charge in [-0.15, -0.1) is 0 Å². The predicted octanol–water partition coefficient (Wildman–Crippen LogP) is 6.85. The molecule has 1 saturated heterocycles. The van der Waals surface area contributed by atoms with E-state index in [0.717, 1.165) is 12.1 Å². The van der Waals surface area contributed by atoms with Crippen LogP contribution in [0.15, 0.2) is 71.4 Å². The highest BCUT2D eigenvalue weighted by Gasteiger charge is 2.37. The summed E-state index contributed by atoms with van der Waals surface area (Å²) in [6.45, 7) is -0.582. The highest BCUT2D eigenvalue weighted by Crippen LogP contribution is 2.40. The number of furan rings is 1. The Morgan fingerprint density at radius 2 is 1.83 bits per heavy atom. The van der Waals surface area contributed by atoms with Gasteiger partial charge in [0.2, 0.25) is 5.91 Å². The third-order valence-corrected chi connectivity index (χ3v) is 6.83. The van der Waals surface area contributed by atoms with Crippen molar-refractivity contribution in [3.63, 3.8) is 0 Å². The number of amides is 2. The average molecular weight is 588 g/mol. The van der Waals surface area contributed by atoms with E-state index in [1.54, 1.807) is 24.5 Å². The zero-order valence-electron chi connectivity index (χ0n) is 21.9. The van der Waals surface area contributed by atoms with Gasteiger partial charge in [0, 0.05) is 60.9 Å². The third kappa shape index (κ3) is 6.48. The van der Waals surface area contributed by atoms with Crippen LogP contribution in [0.2, 0.25) is 0 Å². The quantitative estimate of drug-likeness (QED) is 0.198. The molecule has 0 unspecified atom stereocenters. The molecule has 1 aliphatic rings. The fourth-order valence-electron chi connectivity index (χ4n) is 4.64. The molecule has 5 rings (SSSR count). The van der Waals surface area contributed by atoms with E-state index < -0.39 is 53.7 Å². The molecular weight excluding hydrogens is 564 g/mol. The summed E-state index contributed by atoms with van der Waals surface area (Å²) in [6, 6.07) is 10.1. The van der Waals surface area contributed by atoms with Crippen LogP contribution in [0, 0.1) is 5.82 Å². The van der Waals surface area contributed by atoms with Gasteiger partial charge in [-0.3, -0.25) is 14.6 Å². The molecule has 1 N–H and O–H groups in total. The molecule has 0 saturated carbocycles. The first-order valence-corrected chi connectivity index (χ1v) is 12.9. The highest BCUT2D eigenvalue weighted by molar-refractivity contribution is 5.95. The lowest BCUT2D eigenvalue weighted by atomic mass is 9.98. The Bertz CT molecular complexity index is 1650. The number of hydrogen-bond acceptors (Lipinski definition) is 4. The number of aromatic nitrogens is 1. The first kappa shape index (κ1) is 28.9. The molecule has 4 aromatic rings. The van der Waals surface area contributed by atoms with Gasteiger partial charge >= 0.3 is 6.18 Å². The molecule has 218 valence electrons. The maximum atomic E-state index is 15.2. The Morgan fingerprint density at radius 1 is 1.07 bits per heavy atom. The van der Waals surface area contributed by atoms with Crippen molar-refractivity contribution in [1.82, 2.24) is 15.2 Å². The number of alkyl halides is 5. The van der Waals surface area contributed by atoms with Crippen molar-refractivity contribution in [2.75, 3.05) is 13.1 Å². The van der Waals surface area contributed by atoms with Crippen molar-refractivity contribution in [3.8, 4) is 11.1 Å². The van der Waals surface area contributed by atoms with Gasteiger partial charge in [-0.2, -0.15) is 13.2 Å². The first-order valence-electron chi connectivity index (χ1n) is 12.9. The summed E-state index contributed by atoms with van der Waals surface area (Å²) >= 11 is 0. The molecule has 6 nitrogen and oxygen atoms in total. The molecule has 0 bridgehead atoms. The Labute approximate surface area is 235 Å². The van der Waals surface area contributed by atoms with E-state index in [9.17, 15) is 31.5 Å². The zero-order valence-corrected chi connectivity index (χ0v) is 21.9.